The van der Waals surface area contributed by atoms with Crippen LogP contribution in [0.15, 0.2) is 0 Å². The zero-order valence-electron chi connectivity index (χ0n) is 13.3. The number of rotatable bonds is 2. The van der Waals surface area contributed by atoms with Gasteiger partial charge in [-0.2, -0.15) is 11.8 Å². The van der Waals surface area contributed by atoms with Gasteiger partial charge in [-0.3, -0.25) is 9.59 Å². The number of nitrogens with two attached hydrogens (primary N) is 8. The summed E-state index contributed by atoms with van der Waals surface area (Å²) in [7, 11) is 0. The van der Waals surface area contributed by atoms with Crippen LogP contribution in [-0.2, 0) is 0 Å². The molecule has 0 aliphatic heterocycles. The van der Waals surface area contributed by atoms with E-state index in [1.807, 2.05) is 0 Å². The molecule has 0 aromatic heterocycles. The molecule has 136 valence electrons. The van der Waals surface area contributed by atoms with E-state index in [4.69, 9.17) is 46.2 Å². The predicted octanol–water partition coefficient (Wildman–Crippen LogP) is -1.54. The van der Waals surface area contributed by atoms with Crippen LogP contribution in [0.25, 0.3) is 0 Å². The molecule has 12 nitrogen and oxygen atoms in total. The number of nitrogen functional groups attached to an aromatic ring is 6. The van der Waals surface area contributed by atoms with Crippen LogP contribution in [0, 0.1) is 0 Å². The highest BCUT2D eigenvalue weighted by Gasteiger charge is 2.41. The molecule has 1 aliphatic carbocycles. The zero-order valence-corrected chi connectivity index (χ0v) is 13.3. The van der Waals surface area contributed by atoms with Crippen molar-refractivity contribution >= 4 is 45.7 Å². The topological polar surface area (TPSA) is 261 Å². The minimum Gasteiger partial charge on any atom is -0.408 e. The van der Waals surface area contributed by atoms with Crippen molar-refractivity contribution in [2.75, 3.05) is 34.4 Å². The normalized spacial score (nSPS) is 12.5. The van der Waals surface area contributed by atoms with E-state index in [0.29, 0.717) is 0 Å². The number of carbonyl (C=O) groups is 2. The third-order valence-electron chi connectivity index (χ3n) is 4.29. The molecule has 0 bridgehead atoms. The first-order valence-electron chi connectivity index (χ1n) is 7.02. The van der Waals surface area contributed by atoms with Gasteiger partial charge in [-0.15, -0.1) is 0 Å². The SMILES string of the molecule is NOc1c(N)c(N)c(N)c2c1C(=O)c1c(ON)c(N)c(N)c(N)c1C2=O. The van der Waals surface area contributed by atoms with E-state index in [1.54, 1.807) is 0 Å². The molecule has 1 aliphatic rings. The first-order valence-corrected chi connectivity index (χ1v) is 7.02. The largest absolute Gasteiger partial charge is 0.408 e. The smallest absolute Gasteiger partial charge is 0.202 e. The number of hydrogen-bond acceptors (Lipinski definition) is 12. The molecule has 0 radical (unpaired) electrons. The maximum atomic E-state index is 13.1. The van der Waals surface area contributed by atoms with E-state index in [2.05, 4.69) is 9.68 Å². The summed E-state index contributed by atoms with van der Waals surface area (Å²) in [4.78, 5) is 35.5. The number of ketones is 2. The van der Waals surface area contributed by atoms with Crippen LogP contribution in [0.4, 0.5) is 34.1 Å². The highest BCUT2D eigenvalue weighted by atomic mass is 16.6. The first-order chi connectivity index (χ1) is 12.2. The Morgan fingerprint density at radius 3 is 1.08 bits per heavy atom. The predicted molar refractivity (Wildman–Crippen MR) is 95.9 cm³/mol. The standard InChI is InChI=1S/C14H16N8O4/c15-5-1-3(13(25-21)9(19)7(5)17)12(24)4-2(11(1)23)6(16)8(18)10(20)14(4)26-22/h15-22H2. The number of anilines is 6. The third-order valence-corrected chi connectivity index (χ3v) is 4.29. The van der Waals surface area contributed by atoms with Crippen LogP contribution >= 0.6 is 0 Å². The molecule has 2 aromatic rings. The molecule has 3 rings (SSSR count). The Labute approximate surface area is 145 Å². The second kappa shape index (κ2) is 5.30. The van der Waals surface area contributed by atoms with Gasteiger partial charge in [-0.25, -0.2) is 0 Å². The van der Waals surface area contributed by atoms with Crippen molar-refractivity contribution in [1.29, 1.82) is 0 Å². The van der Waals surface area contributed by atoms with E-state index in [0.717, 1.165) is 0 Å². The molecular formula is C14H16N8O4. The van der Waals surface area contributed by atoms with Crippen LogP contribution < -0.4 is 55.9 Å². The number of fused-ring (bicyclic) bond motifs is 2. The summed E-state index contributed by atoms with van der Waals surface area (Å²) in [6.07, 6.45) is 0. The van der Waals surface area contributed by atoms with E-state index in [9.17, 15) is 9.59 Å². The molecule has 26 heavy (non-hydrogen) atoms. The summed E-state index contributed by atoms with van der Waals surface area (Å²) in [5.74, 6) is 8.21. The lowest BCUT2D eigenvalue weighted by Crippen LogP contribution is -2.29. The van der Waals surface area contributed by atoms with E-state index in [-0.39, 0.29) is 67.9 Å². The van der Waals surface area contributed by atoms with Crippen LogP contribution in [0.5, 0.6) is 11.5 Å². The number of carbonyl (C=O) groups excluding carboxylic acids is 2. The summed E-state index contributed by atoms with van der Waals surface area (Å²) >= 11 is 0. The fraction of sp³-hybridized carbons (Fsp3) is 0. The van der Waals surface area contributed by atoms with Gasteiger partial charge in [-0.05, 0) is 0 Å². The maximum absolute atomic E-state index is 13.1. The second-order valence-corrected chi connectivity index (χ2v) is 5.53. The Morgan fingerprint density at radius 2 is 0.769 bits per heavy atom. The minimum atomic E-state index is -0.799. The van der Waals surface area contributed by atoms with Gasteiger partial charge in [0.1, 0.15) is 11.4 Å². The van der Waals surface area contributed by atoms with Crippen molar-refractivity contribution in [1.82, 2.24) is 0 Å². The Kier molecular flexibility index (Phi) is 3.45. The highest BCUT2D eigenvalue weighted by molar-refractivity contribution is 6.36. The van der Waals surface area contributed by atoms with Gasteiger partial charge in [0.15, 0.2) is 17.3 Å². The summed E-state index contributed by atoms with van der Waals surface area (Å²) in [6, 6.07) is 0. The molecule has 2 aromatic carbocycles. The Hall–Kier alpha value is -3.90. The Morgan fingerprint density at radius 1 is 0.462 bits per heavy atom. The van der Waals surface area contributed by atoms with Gasteiger partial charge in [0.2, 0.25) is 5.78 Å². The quantitative estimate of drug-likeness (QED) is 0.191. The number of hydrogen-bond donors (Lipinski definition) is 8. The molecule has 0 spiro atoms. The molecule has 0 atom stereocenters. The molecule has 0 amide bonds. The maximum Gasteiger partial charge on any atom is 0.202 e. The summed E-state index contributed by atoms with van der Waals surface area (Å²) < 4.78 is 0. The molecule has 0 fully saturated rings. The van der Waals surface area contributed by atoms with E-state index in [1.165, 1.54) is 0 Å². The van der Waals surface area contributed by atoms with Gasteiger partial charge < -0.3 is 44.1 Å². The monoisotopic (exact) mass is 360 g/mol. The Balaban J connectivity index is 2.54. The van der Waals surface area contributed by atoms with Crippen molar-refractivity contribution < 1.29 is 19.3 Å². The summed E-state index contributed by atoms with van der Waals surface area (Å²) in [6.45, 7) is 0. The highest BCUT2D eigenvalue weighted by Crippen LogP contribution is 2.49. The lowest BCUT2D eigenvalue weighted by molar-refractivity contribution is 0.0973. The fourth-order valence-electron chi connectivity index (χ4n) is 2.97. The number of benzene rings is 2. The van der Waals surface area contributed by atoms with Gasteiger partial charge in [0, 0.05) is 0 Å². The Bertz CT molecular complexity index is 940. The lowest BCUT2D eigenvalue weighted by atomic mass is 9.80. The van der Waals surface area contributed by atoms with Crippen LogP contribution in [0.3, 0.4) is 0 Å². The van der Waals surface area contributed by atoms with Crippen LogP contribution in [0.2, 0.25) is 0 Å². The van der Waals surface area contributed by atoms with Crippen LogP contribution in [-0.4, -0.2) is 11.6 Å². The molecule has 12 heteroatoms. The molecule has 0 unspecified atom stereocenters. The van der Waals surface area contributed by atoms with Gasteiger partial charge in [-0.1, -0.05) is 0 Å². The average Bonchev–Trinajstić information content (AvgIpc) is 2.61. The van der Waals surface area contributed by atoms with E-state index >= 15 is 0 Å². The van der Waals surface area contributed by atoms with Crippen molar-refractivity contribution in [3.63, 3.8) is 0 Å². The fourth-order valence-corrected chi connectivity index (χ4v) is 2.97. The molecule has 16 N–H and O–H groups in total. The van der Waals surface area contributed by atoms with Crippen molar-refractivity contribution in [2.45, 2.75) is 0 Å². The molecule has 0 saturated carbocycles. The first kappa shape index (κ1) is 16.9. The van der Waals surface area contributed by atoms with Crippen molar-refractivity contribution in [3.8, 4) is 11.5 Å². The minimum absolute atomic E-state index is 0.175. The molecular weight excluding hydrogens is 344 g/mol. The van der Waals surface area contributed by atoms with Crippen molar-refractivity contribution in [3.05, 3.63) is 22.3 Å². The van der Waals surface area contributed by atoms with Gasteiger partial charge in [0.05, 0.1) is 45.0 Å². The van der Waals surface area contributed by atoms with Crippen molar-refractivity contribution in [2.24, 2.45) is 11.8 Å². The zero-order chi connectivity index (χ0) is 19.5. The van der Waals surface area contributed by atoms with Crippen LogP contribution in [0.1, 0.15) is 31.8 Å². The van der Waals surface area contributed by atoms with Gasteiger partial charge >= 0.3 is 0 Å². The van der Waals surface area contributed by atoms with E-state index < -0.39 is 11.6 Å². The third kappa shape index (κ3) is 1.78. The molecule has 0 heterocycles. The summed E-state index contributed by atoms with van der Waals surface area (Å²) in [5.41, 5.74) is 32.6. The second-order valence-electron chi connectivity index (χ2n) is 5.53. The van der Waals surface area contributed by atoms with Gasteiger partial charge in [0.25, 0.3) is 0 Å². The molecule has 0 saturated heterocycles. The lowest BCUT2D eigenvalue weighted by Gasteiger charge is -2.26. The summed E-state index contributed by atoms with van der Waals surface area (Å²) in [5, 5.41) is 0. The average molecular weight is 360 g/mol.